The van der Waals surface area contributed by atoms with Crippen molar-refractivity contribution in [3.05, 3.63) is 53.3 Å². The Labute approximate surface area is 134 Å². The van der Waals surface area contributed by atoms with Gasteiger partial charge in [0.2, 0.25) is 0 Å². The van der Waals surface area contributed by atoms with Crippen LogP contribution in [-0.4, -0.2) is 26.9 Å². The Morgan fingerprint density at radius 2 is 2.09 bits per heavy atom. The molecule has 0 saturated carbocycles. The zero-order chi connectivity index (χ0) is 16.2. The molecule has 3 rings (SSSR count). The molecule has 0 spiro atoms. The molecule has 122 valence electrons. The monoisotopic (exact) mass is 314 g/mol. The van der Waals surface area contributed by atoms with Crippen molar-refractivity contribution in [2.24, 2.45) is 0 Å². The second-order valence-corrected chi connectivity index (χ2v) is 5.81. The number of aromatic nitrogens is 3. The second kappa shape index (κ2) is 6.83. The van der Waals surface area contributed by atoms with Crippen molar-refractivity contribution in [1.82, 2.24) is 19.7 Å². The maximum atomic E-state index is 11.9. The molecule has 0 unspecified atom stereocenters. The van der Waals surface area contributed by atoms with Gasteiger partial charge in [-0.1, -0.05) is 12.1 Å². The third-order valence-electron chi connectivity index (χ3n) is 4.26. The molecule has 6 nitrogen and oxygen atoms in total. The van der Waals surface area contributed by atoms with Crippen molar-refractivity contribution in [1.29, 1.82) is 0 Å². The molecule has 0 aliphatic rings. The van der Waals surface area contributed by atoms with Crippen LogP contribution in [-0.2, 0) is 6.54 Å². The summed E-state index contributed by atoms with van der Waals surface area (Å²) in [4.78, 5) is 11.9. The number of hydrogen-bond acceptors (Lipinski definition) is 4. The van der Waals surface area contributed by atoms with E-state index in [1.165, 1.54) is 0 Å². The first-order valence-corrected chi connectivity index (χ1v) is 7.97. The van der Waals surface area contributed by atoms with Crippen LogP contribution in [0.3, 0.4) is 0 Å². The van der Waals surface area contributed by atoms with Gasteiger partial charge in [0.25, 0.3) is 0 Å². The summed E-state index contributed by atoms with van der Waals surface area (Å²) in [5, 5.41) is 7.76. The van der Waals surface area contributed by atoms with Gasteiger partial charge in [-0.05, 0) is 45.0 Å². The first-order chi connectivity index (χ1) is 11.2. The van der Waals surface area contributed by atoms with Crippen LogP contribution in [0.5, 0.6) is 0 Å². The molecule has 0 aliphatic carbocycles. The summed E-state index contributed by atoms with van der Waals surface area (Å²) in [5.41, 5.74) is 1.50. The lowest BCUT2D eigenvalue weighted by Crippen LogP contribution is -2.35. The molecule has 2 atom stereocenters. The van der Waals surface area contributed by atoms with Gasteiger partial charge in [0.05, 0.1) is 11.6 Å². The van der Waals surface area contributed by atoms with Crippen LogP contribution in [0.4, 0.5) is 0 Å². The van der Waals surface area contributed by atoms with Gasteiger partial charge >= 0.3 is 5.76 Å². The predicted molar refractivity (Wildman–Crippen MR) is 89.5 cm³/mol. The number of aryl methyl sites for hydroxylation is 1. The highest BCUT2D eigenvalue weighted by Crippen LogP contribution is 2.12. The maximum absolute atomic E-state index is 11.9. The summed E-state index contributed by atoms with van der Waals surface area (Å²) in [6.07, 6.45) is 4.62. The third kappa shape index (κ3) is 3.37. The topological polar surface area (TPSA) is 65.0 Å². The molecule has 6 heteroatoms. The Morgan fingerprint density at radius 3 is 2.87 bits per heavy atom. The number of hydrogen-bond donors (Lipinski definition) is 1. The molecule has 0 bridgehead atoms. The summed E-state index contributed by atoms with van der Waals surface area (Å²) in [7, 11) is 0. The zero-order valence-electron chi connectivity index (χ0n) is 13.5. The van der Waals surface area contributed by atoms with Crippen LogP contribution in [0.1, 0.15) is 26.3 Å². The van der Waals surface area contributed by atoms with E-state index in [0.29, 0.717) is 18.2 Å². The smallest absolute Gasteiger partial charge is 0.408 e. The van der Waals surface area contributed by atoms with E-state index < -0.39 is 0 Å². The molecule has 0 saturated heterocycles. The van der Waals surface area contributed by atoms with Crippen molar-refractivity contribution in [3.8, 4) is 0 Å². The molecule has 3 aromatic rings. The molecule has 0 aliphatic heterocycles. The number of nitrogens with zero attached hydrogens (tertiary/aromatic N) is 3. The summed E-state index contributed by atoms with van der Waals surface area (Å²) in [6, 6.07) is 10.0. The van der Waals surface area contributed by atoms with Crippen molar-refractivity contribution < 1.29 is 4.42 Å². The SMILES string of the molecule is C[C@H](NCCCn1c(=O)oc2ccccc21)[C@@H](C)n1cccn1. The first kappa shape index (κ1) is 15.6. The lowest BCUT2D eigenvalue weighted by molar-refractivity contribution is 0.361. The normalized spacial score (nSPS) is 14.2. The lowest BCUT2D eigenvalue weighted by atomic mass is 10.1. The van der Waals surface area contributed by atoms with E-state index in [4.69, 9.17) is 4.42 Å². The summed E-state index contributed by atoms with van der Waals surface area (Å²) in [6.45, 7) is 5.76. The van der Waals surface area contributed by atoms with Gasteiger partial charge in [-0.2, -0.15) is 5.10 Å². The van der Waals surface area contributed by atoms with Crippen molar-refractivity contribution in [3.63, 3.8) is 0 Å². The average Bonchev–Trinajstić information content (AvgIpc) is 3.18. The third-order valence-corrected chi connectivity index (χ3v) is 4.26. The molecule has 0 radical (unpaired) electrons. The van der Waals surface area contributed by atoms with Crippen LogP contribution in [0.2, 0.25) is 0 Å². The largest absolute Gasteiger partial charge is 0.419 e. The van der Waals surface area contributed by atoms with Crippen molar-refractivity contribution >= 4 is 11.1 Å². The fourth-order valence-corrected chi connectivity index (χ4v) is 2.71. The van der Waals surface area contributed by atoms with E-state index in [2.05, 4.69) is 24.3 Å². The molecule has 2 aromatic heterocycles. The molecular formula is C17H22N4O2. The van der Waals surface area contributed by atoms with Gasteiger partial charge < -0.3 is 9.73 Å². The predicted octanol–water partition coefficient (Wildman–Crippen LogP) is 2.42. The number of fused-ring (bicyclic) bond motifs is 1. The first-order valence-electron chi connectivity index (χ1n) is 7.97. The number of benzene rings is 1. The average molecular weight is 314 g/mol. The van der Waals surface area contributed by atoms with Gasteiger partial charge in [0, 0.05) is 25.0 Å². The number of rotatable bonds is 7. The Hall–Kier alpha value is -2.34. The number of para-hydroxylation sites is 2. The lowest BCUT2D eigenvalue weighted by Gasteiger charge is -2.21. The quantitative estimate of drug-likeness (QED) is 0.680. The van der Waals surface area contributed by atoms with Crippen LogP contribution in [0.15, 0.2) is 51.9 Å². The standard InChI is InChI=1S/C17H22N4O2/c1-13(14(2)21-12-6-10-19-21)18-9-5-11-20-15-7-3-4-8-16(15)23-17(20)22/h3-4,6-8,10,12-14,18H,5,9,11H2,1-2H3/t13-,14+/m0/s1. The van der Waals surface area contributed by atoms with Crippen LogP contribution >= 0.6 is 0 Å². The maximum Gasteiger partial charge on any atom is 0.419 e. The highest BCUT2D eigenvalue weighted by molar-refractivity contribution is 5.72. The van der Waals surface area contributed by atoms with E-state index in [9.17, 15) is 4.79 Å². The van der Waals surface area contributed by atoms with E-state index in [0.717, 1.165) is 18.5 Å². The Balaban J connectivity index is 1.53. The van der Waals surface area contributed by atoms with Gasteiger partial charge in [-0.3, -0.25) is 9.25 Å². The number of oxazole rings is 1. The van der Waals surface area contributed by atoms with E-state index in [1.54, 1.807) is 10.8 Å². The molecular weight excluding hydrogens is 292 g/mol. The Morgan fingerprint density at radius 1 is 1.26 bits per heavy atom. The van der Waals surface area contributed by atoms with Gasteiger partial charge in [-0.15, -0.1) is 0 Å². The van der Waals surface area contributed by atoms with Crippen molar-refractivity contribution in [2.45, 2.75) is 38.9 Å². The Bertz CT molecular complexity index is 803. The molecule has 23 heavy (non-hydrogen) atoms. The van der Waals surface area contributed by atoms with Gasteiger partial charge in [0.1, 0.15) is 0 Å². The number of nitrogens with one attached hydrogen (secondary N) is 1. The zero-order valence-corrected chi connectivity index (χ0v) is 13.5. The van der Waals surface area contributed by atoms with E-state index >= 15 is 0 Å². The summed E-state index contributed by atoms with van der Waals surface area (Å²) >= 11 is 0. The minimum absolute atomic E-state index is 0.280. The summed E-state index contributed by atoms with van der Waals surface area (Å²) < 4.78 is 8.88. The van der Waals surface area contributed by atoms with E-state index in [-0.39, 0.29) is 11.8 Å². The molecule has 1 N–H and O–H groups in total. The van der Waals surface area contributed by atoms with E-state index in [1.807, 2.05) is 41.2 Å². The second-order valence-electron chi connectivity index (χ2n) is 5.81. The molecule has 2 heterocycles. The minimum Gasteiger partial charge on any atom is -0.408 e. The molecule has 1 aromatic carbocycles. The Kier molecular flexibility index (Phi) is 4.62. The molecule has 0 fully saturated rings. The highest BCUT2D eigenvalue weighted by atomic mass is 16.4. The summed E-state index contributed by atoms with van der Waals surface area (Å²) in [5.74, 6) is -0.288. The van der Waals surface area contributed by atoms with Gasteiger partial charge in [0.15, 0.2) is 5.58 Å². The van der Waals surface area contributed by atoms with Gasteiger partial charge in [-0.25, -0.2) is 4.79 Å². The van der Waals surface area contributed by atoms with Crippen molar-refractivity contribution in [2.75, 3.05) is 6.54 Å². The fraction of sp³-hybridized carbons (Fsp3) is 0.412. The van der Waals surface area contributed by atoms with Crippen LogP contribution < -0.4 is 11.1 Å². The van der Waals surface area contributed by atoms with Crippen LogP contribution in [0.25, 0.3) is 11.1 Å². The fourth-order valence-electron chi connectivity index (χ4n) is 2.71. The minimum atomic E-state index is -0.288. The molecule has 0 amide bonds. The highest BCUT2D eigenvalue weighted by Gasteiger charge is 2.13. The van der Waals surface area contributed by atoms with Crippen LogP contribution in [0, 0.1) is 0 Å².